The predicted octanol–water partition coefficient (Wildman–Crippen LogP) is 1.14. The van der Waals surface area contributed by atoms with E-state index in [1.807, 2.05) is 0 Å². The van der Waals surface area contributed by atoms with Crippen LogP contribution >= 0.6 is 0 Å². The minimum absolute atomic E-state index is 0.0628. The Bertz CT molecular complexity index is 748. The maximum Gasteiger partial charge on any atom is 0.314 e. The van der Waals surface area contributed by atoms with E-state index in [2.05, 4.69) is 4.98 Å². The van der Waals surface area contributed by atoms with Crippen LogP contribution in [0.1, 0.15) is 11.5 Å². The zero-order chi connectivity index (χ0) is 16.9. The van der Waals surface area contributed by atoms with Crippen molar-refractivity contribution < 1.29 is 17.9 Å². The highest BCUT2D eigenvalue weighted by Gasteiger charge is 2.32. The van der Waals surface area contributed by atoms with E-state index in [-0.39, 0.29) is 5.03 Å². The molecular formula is C16H18N2O4S. The number of hydrogen-bond donors (Lipinski definition) is 1. The molecule has 0 saturated carbocycles. The molecule has 0 bridgehead atoms. The van der Waals surface area contributed by atoms with Crippen molar-refractivity contribution >= 4 is 15.8 Å². The molecule has 0 fully saturated rings. The van der Waals surface area contributed by atoms with Gasteiger partial charge in [0.25, 0.3) is 0 Å². The van der Waals surface area contributed by atoms with Crippen LogP contribution in [-0.4, -0.2) is 38.3 Å². The Morgan fingerprint density at radius 1 is 1.17 bits per heavy atom. The summed E-state index contributed by atoms with van der Waals surface area (Å²) in [5.41, 5.74) is 6.66. The SMILES string of the molecule is COC(=O)C(c1ccccc1)C(N)CS(=O)(=O)c1ccccn1. The fraction of sp³-hybridized carbons (Fsp3) is 0.250. The second-order valence-corrected chi connectivity index (χ2v) is 7.01. The van der Waals surface area contributed by atoms with E-state index in [1.165, 1.54) is 19.4 Å². The predicted molar refractivity (Wildman–Crippen MR) is 85.5 cm³/mol. The lowest BCUT2D eigenvalue weighted by Gasteiger charge is -2.21. The summed E-state index contributed by atoms with van der Waals surface area (Å²) in [4.78, 5) is 15.9. The first-order chi connectivity index (χ1) is 11.0. The van der Waals surface area contributed by atoms with E-state index >= 15 is 0 Å². The summed E-state index contributed by atoms with van der Waals surface area (Å²) in [7, 11) is -2.45. The molecule has 0 saturated heterocycles. The third kappa shape index (κ3) is 4.14. The molecule has 1 aromatic carbocycles. The molecule has 0 amide bonds. The highest BCUT2D eigenvalue weighted by Crippen LogP contribution is 2.22. The van der Waals surface area contributed by atoms with Gasteiger partial charge < -0.3 is 10.5 Å². The van der Waals surface area contributed by atoms with Gasteiger partial charge in [-0.25, -0.2) is 13.4 Å². The molecular weight excluding hydrogens is 316 g/mol. The van der Waals surface area contributed by atoms with Crippen molar-refractivity contribution in [2.75, 3.05) is 12.9 Å². The van der Waals surface area contributed by atoms with Crippen LogP contribution in [0.4, 0.5) is 0 Å². The number of hydrogen-bond acceptors (Lipinski definition) is 6. The summed E-state index contributed by atoms with van der Waals surface area (Å²) < 4.78 is 29.6. The molecule has 1 aromatic heterocycles. The molecule has 2 aromatic rings. The number of carbonyl (C=O) groups excluding carboxylic acids is 1. The van der Waals surface area contributed by atoms with Crippen molar-refractivity contribution in [1.29, 1.82) is 0 Å². The molecule has 0 aliphatic heterocycles. The number of nitrogens with zero attached hydrogens (tertiary/aromatic N) is 1. The third-order valence-electron chi connectivity index (χ3n) is 3.41. The van der Waals surface area contributed by atoms with Gasteiger partial charge in [0, 0.05) is 12.2 Å². The van der Waals surface area contributed by atoms with Crippen LogP contribution in [-0.2, 0) is 19.4 Å². The number of esters is 1. The summed E-state index contributed by atoms with van der Waals surface area (Å²) in [5.74, 6) is -1.84. The first-order valence-electron chi connectivity index (χ1n) is 6.98. The topological polar surface area (TPSA) is 99.4 Å². The number of benzene rings is 1. The van der Waals surface area contributed by atoms with Crippen LogP contribution in [0.2, 0.25) is 0 Å². The number of aromatic nitrogens is 1. The Morgan fingerprint density at radius 2 is 1.83 bits per heavy atom. The van der Waals surface area contributed by atoms with E-state index in [0.29, 0.717) is 5.56 Å². The van der Waals surface area contributed by atoms with E-state index in [0.717, 1.165) is 0 Å². The Morgan fingerprint density at radius 3 is 2.39 bits per heavy atom. The summed E-state index contributed by atoms with van der Waals surface area (Å²) in [6.07, 6.45) is 1.40. The maximum atomic E-state index is 12.4. The van der Waals surface area contributed by atoms with Gasteiger partial charge in [-0.1, -0.05) is 36.4 Å². The lowest BCUT2D eigenvalue weighted by atomic mass is 9.93. The summed E-state index contributed by atoms with van der Waals surface area (Å²) in [6, 6.07) is 12.4. The fourth-order valence-corrected chi connectivity index (χ4v) is 3.69. The summed E-state index contributed by atoms with van der Waals surface area (Å²) in [6.45, 7) is 0. The van der Waals surface area contributed by atoms with E-state index in [9.17, 15) is 13.2 Å². The normalized spacial score (nSPS) is 14.0. The molecule has 7 heteroatoms. The number of nitrogens with two attached hydrogens (primary N) is 1. The van der Waals surface area contributed by atoms with Gasteiger partial charge in [-0.2, -0.15) is 0 Å². The molecule has 2 N–H and O–H groups in total. The largest absolute Gasteiger partial charge is 0.469 e. The van der Waals surface area contributed by atoms with Crippen molar-refractivity contribution in [2.45, 2.75) is 17.0 Å². The second kappa shape index (κ2) is 7.34. The number of methoxy groups -OCH3 is 1. The molecule has 0 spiro atoms. The molecule has 2 rings (SSSR count). The van der Waals surface area contributed by atoms with Crippen LogP contribution in [0, 0.1) is 0 Å². The van der Waals surface area contributed by atoms with Crippen LogP contribution in [0.5, 0.6) is 0 Å². The van der Waals surface area contributed by atoms with Crippen molar-refractivity contribution in [3.8, 4) is 0 Å². The van der Waals surface area contributed by atoms with Gasteiger partial charge in [0.1, 0.15) is 0 Å². The van der Waals surface area contributed by atoms with Gasteiger partial charge in [0.05, 0.1) is 18.8 Å². The van der Waals surface area contributed by atoms with Gasteiger partial charge in [0.15, 0.2) is 14.9 Å². The molecule has 2 unspecified atom stereocenters. The van der Waals surface area contributed by atoms with Crippen LogP contribution in [0.25, 0.3) is 0 Å². The molecule has 1 heterocycles. The minimum atomic E-state index is -3.70. The number of carbonyl (C=O) groups is 1. The summed E-state index contributed by atoms with van der Waals surface area (Å²) in [5, 5.41) is -0.0628. The average molecular weight is 334 g/mol. The number of ether oxygens (including phenoxy) is 1. The Labute approximate surface area is 135 Å². The second-order valence-electron chi connectivity index (χ2n) is 5.02. The zero-order valence-corrected chi connectivity index (χ0v) is 13.4. The standard InChI is InChI=1S/C16H18N2O4S/c1-22-16(19)15(12-7-3-2-4-8-12)13(17)11-23(20,21)14-9-5-6-10-18-14/h2-10,13,15H,11,17H2,1H3. The van der Waals surface area contributed by atoms with E-state index < -0.39 is 33.5 Å². The van der Waals surface area contributed by atoms with Gasteiger partial charge in [0.2, 0.25) is 0 Å². The van der Waals surface area contributed by atoms with Gasteiger partial charge >= 0.3 is 5.97 Å². The van der Waals surface area contributed by atoms with Crippen LogP contribution in [0.3, 0.4) is 0 Å². The van der Waals surface area contributed by atoms with Crippen molar-refractivity contribution in [3.05, 3.63) is 60.3 Å². The Hall–Kier alpha value is -2.25. The molecule has 0 radical (unpaired) electrons. The smallest absolute Gasteiger partial charge is 0.314 e. The number of pyridine rings is 1. The fourth-order valence-electron chi connectivity index (χ4n) is 2.31. The molecule has 2 atom stereocenters. The Balaban J connectivity index is 2.28. The van der Waals surface area contributed by atoms with Crippen molar-refractivity contribution in [3.63, 3.8) is 0 Å². The maximum absolute atomic E-state index is 12.4. The van der Waals surface area contributed by atoms with Gasteiger partial charge in [-0.05, 0) is 17.7 Å². The minimum Gasteiger partial charge on any atom is -0.469 e. The molecule has 122 valence electrons. The number of sulfone groups is 1. The first-order valence-corrected chi connectivity index (χ1v) is 8.63. The van der Waals surface area contributed by atoms with Gasteiger partial charge in [-0.3, -0.25) is 4.79 Å². The average Bonchev–Trinajstić information content (AvgIpc) is 2.56. The molecule has 0 aliphatic rings. The number of rotatable bonds is 6. The van der Waals surface area contributed by atoms with Crippen LogP contribution in [0.15, 0.2) is 59.8 Å². The van der Waals surface area contributed by atoms with Crippen LogP contribution < -0.4 is 5.73 Å². The highest BCUT2D eigenvalue weighted by molar-refractivity contribution is 7.91. The van der Waals surface area contributed by atoms with Gasteiger partial charge in [-0.15, -0.1) is 0 Å². The van der Waals surface area contributed by atoms with Crippen molar-refractivity contribution in [2.24, 2.45) is 5.73 Å². The zero-order valence-electron chi connectivity index (χ0n) is 12.6. The molecule has 23 heavy (non-hydrogen) atoms. The third-order valence-corrected chi connectivity index (χ3v) is 5.11. The van der Waals surface area contributed by atoms with E-state index in [1.54, 1.807) is 42.5 Å². The monoisotopic (exact) mass is 334 g/mol. The first kappa shape index (κ1) is 17.1. The molecule has 0 aliphatic carbocycles. The highest BCUT2D eigenvalue weighted by atomic mass is 32.2. The Kier molecular flexibility index (Phi) is 5.46. The molecule has 6 nitrogen and oxygen atoms in total. The lowest BCUT2D eigenvalue weighted by Crippen LogP contribution is -2.40. The lowest BCUT2D eigenvalue weighted by molar-refractivity contribution is -0.142. The van der Waals surface area contributed by atoms with Crippen molar-refractivity contribution in [1.82, 2.24) is 4.98 Å². The van der Waals surface area contributed by atoms with E-state index in [4.69, 9.17) is 10.5 Å². The quantitative estimate of drug-likeness (QED) is 0.795. The summed E-state index contributed by atoms with van der Waals surface area (Å²) >= 11 is 0.